The fourth-order valence-electron chi connectivity index (χ4n) is 2.13. The maximum Gasteiger partial charge on any atom is 0.489 e. The van der Waals surface area contributed by atoms with Crippen molar-refractivity contribution in [2.24, 2.45) is 0 Å². The van der Waals surface area contributed by atoms with Crippen LogP contribution < -0.4 is 5.46 Å². The van der Waals surface area contributed by atoms with Gasteiger partial charge in [-0.25, -0.2) is 0 Å². The van der Waals surface area contributed by atoms with E-state index in [1.807, 2.05) is 0 Å². The quantitative estimate of drug-likeness (QED) is 0.655. The monoisotopic (exact) mass is 335 g/mol. The lowest BCUT2D eigenvalue weighted by Crippen LogP contribution is -2.37. The Morgan fingerprint density at radius 2 is 1.48 bits per heavy atom. The van der Waals surface area contributed by atoms with Crippen LogP contribution >= 0.6 is 0 Å². The zero-order chi connectivity index (χ0) is 17.4. The Balaban J connectivity index is 2.83. The van der Waals surface area contributed by atoms with Crippen molar-refractivity contribution >= 4 is 12.6 Å². The zero-order valence-corrected chi connectivity index (χ0v) is 11.2. The number of pyridine rings is 1. The highest BCUT2D eigenvalue weighted by molar-refractivity contribution is 6.59. The van der Waals surface area contributed by atoms with Crippen molar-refractivity contribution in [3.63, 3.8) is 0 Å². The maximum atomic E-state index is 13.2. The summed E-state index contributed by atoms with van der Waals surface area (Å²) in [4.78, 5) is 3.39. The molecular weight excluding hydrogens is 327 g/mol. The summed E-state index contributed by atoms with van der Waals surface area (Å²) >= 11 is 0. The van der Waals surface area contributed by atoms with E-state index in [9.17, 15) is 26.3 Å². The lowest BCUT2D eigenvalue weighted by molar-refractivity contribution is -0.139. The van der Waals surface area contributed by atoms with Gasteiger partial charge in [-0.3, -0.25) is 4.98 Å². The molecule has 2 aromatic rings. The first kappa shape index (κ1) is 17.3. The average molecular weight is 335 g/mol. The number of rotatable bonds is 2. The number of halogens is 6. The first-order valence-corrected chi connectivity index (χ1v) is 6.12. The van der Waals surface area contributed by atoms with E-state index < -0.39 is 47.3 Å². The molecule has 122 valence electrons. The second-order valence-electron chi connectivity index (χ2n) is 4.54. The number of aromatic nitrogens is 1. The van der Waals surface area contributed by atoms with Gasteiger partial charge in [0.1, 0.15) is 0 Å². The van der Waals surface area contributed by atoms with Crippen LogP contribution in [0.3, 0.4) is 0 Å². The molecule has 0 aliphatic heterocycles. The van der Waals surface area contributed by atoms with Crippen LogP contribution in [0.2, 0.25) is 0 Å². The number of hydrogen-bond donors (Lipinski definition) is 2. The van der Waals surface area contributed by atoms with Crippen molar-refractivity contribution in [1.82, 2.24) is 4.98 Å². The van der Waals surface area contributed by atoms with E-state index in [0.717, 1.165) is 24.4 Å². The van der Waals surface area contributed by atoms with Crippen molar-refractivity contribution < 1.29 is 36.4 Å². The van der Waals surface area contributed by atoms with Gasteiger partial charge in [-0.2, -0.15) is 26.3 Å². The molecule has 23 heavy (non-hydrogen) atoms. The number of alkyl halides is 6. The van der Waals surface area contributed by atoms with Gasteiger partial charge in [0.25, 0.3) is 0 Å². The van der Waals surface area contributed by atoms with Gasteiger partial charge >= 0.3 is 19.5 Å². The van der Waals surface area contributed by atoms with Gasteiger partial charge in [-0.1, -0.05) is 18.2 Å². The molecule has 3 nitrogen and oxygen atoms in total. The second kappa shape index (κ2) is 5.86. The molecule has 0 aliphatic rings. The predicted molar refractivity (Wildman–Crippen MR) is 69.5 cm³/mol. The number of nitrogens with zero attached hydrogens (tertiary/aromatic N) is 1. The molecule has 2 N–H and O–H groups in total. The van der Waals surface area contributed by atoms with Gasteiger partial charge in [0, 0.05) is 11.8 Å². The maximum absolute atomic E-state index is 13.2. The summed E-state index contributed by atoms with van der Waals surface area (Å²) in [5, 5.41) is 18.1. The third-order valence-corrected chi connectivity index (χ3v) is 3.03. The molecule has 0 bridgehead atoms. The van der Waals surface area contributed by atoms with Crippen LogP contribution in [0, 0.1) is 0 Å². The Morgan fingerprint density at radius 3 is 2.00 bits per heavy atom. The molecule has 0 radical (unpaired) electrons. The summed E-state index contributed by atoms with van der Waals surface area (Å²) < 4.78 is 78.8. The minimum atomic E-state index is -5.12. The molecule has 0 aliphatic carbocycles. The fourth-order valence-corrected chi connectivity index (χ4v) is 2.13. The number of hydrogen-bond acceptors (Lipinski definition) is 3. The van der Waals surface area contributed by atoms with Gasteiger partial charge in [-0.15, -0.1) is 0 Å². The molecule has 0 saturated heterocycles. The normalized spacial score (nSPS) is 12.3. The third-order valence-electron chi connectivity index (χ3n) is 3.03. The van der Waals surface area contributed by atoms with E-state index in [-0.39, 0.29) is 0 Å². The second-order valence-corrected chi connectivity index (χ2v) is 4.54. The first-order valence-electron chi connectivity index (χ1n) is 6.12. The summed E-state index contributed by atoms with van der Waals surface area (Å²) in [6.45, 7) is 0. The van der Waals surface area contributed by atoms with E-state index in [1.165, 1.54) is 0 Å². The molecule has 0 unspecified atom stereocenters. The highest BCUT2D eigenvalue weighted by atomic mass is 19.4. The summed E-state index contributed by atoms with van der Waals surface area (Å²) in [6, 6.07) is 4.32. The molecule has 1 heterocycles. The van der Waals surface area contributed by atoms with E-state index >= 15 is 0 Å². The van der Waals surface area contributed by atoms with Gasteiger partial charge in [-0.05, 0) is 17.6 Å². The van der Waals surface area contributed by atoms with Gasteiger partial charge in [0.2, 0.25) is 0 Å². The third kappa shape index (κ3) is 3.48. The Kier molecular flexibility index (Phi) is 4.40. The van der Waals surface area contributed by atoms with Crippen LogP contribution in [-0.2, 0) is 12.4 Å². The fraction of sp³-hybridized carbons (Fsp3) is 0.154. The summed E-state index contributed by atoms with van der Waals surface area (Å²) in [5.74, 6) is 0. The SMILES string of the molecule is OB(O)c1ccnc(-c2ccccc2C(F)(F)F)c1C(F)(F)F. The van der Waals surface area contributed by atoms with Crippen LogP contribution in [0.15, 0.2) is 36.5 Å². The molecule has 0 saturated carbocycles. The topological polar surface area (TPSA) is 53.4 Å². The summed E-state index contributed by atoms with van der Waals surface area (Å²) in [7, 11) is -2.51. The van der Waals surface area contributed by atoms with Crippen LogP contribution in [0.25, 0.3) is 11.3 Å². The van der Waals surface area contributed by atoms with Crippen LogP contribution in [0.5, 0.6) is 0 Å². The first-order chi connectivity index (χ1) is 10.5. The Hall–Kier alpha value is -2.07. The van der Waals surface area contributed by atoms with Crippen molar-refractivity contribution in [2.45, 2.75) is 12.4 Å². The molecule has 0 amide bonds. The number of benzene rings is 1. The van der Waals surface area contributed by atoms with Gasteiger partial charge in [0.05, 0.1) is 16.8 Å². The van der Waals surface area contributed by atoms with Crippen molar-refractivity contribution in [3.8, 4) is 11.3 Å². The molecule has 1 aromatic carbocycles. The molecule has 0 spiro atoms. The van der Waals surface area contributed by atoms with Crippen LogP contribution in [0.1, 0.15) is 11.1 Å². The van der Waals surface area contributed by atoms with E-state index in [0.29, 0.717) is 12.1 Å². The van der Waals surface area contributed by atoms with Crippen molar-refractivity contribution in [1.29, 1.82) is 0 Å². The Morgan fingerprint density at radius 1 is 0.870 bits per heavy atom. The summed E-state index contributed by atoms with van der Waals surface area (Å²) in [6.07, 6.45) is -9.23. The molecule has 1 aromatic heterocycles. The lowest BCUT2D eigenvalue weighted by atomic mass is 9.76. The standard InChI is InChI=1S/C13H8BF6NO2/c15-12(16,17)8-4-2-1-3-7(8)11-10(13(18,19)20)9(14(22)23)5-6-21-11/h1-6,22-23H. The zero-order valence-electron chi connectivity index (χ0n) is 11.2. The van der Waals surface area contributed by atoms with Gasteiger partial charge in [0.15, 0.2) is 0 Å². The Bertz CT molecular complexity index is 714. The van der Waals surface area contributed by atoms with E-state index in [4.69, 9.17) is 10.0 Å². The highest BCUT2D eigenvalue weighted by Gasteiger charge is 2.42. The van der Waals surface area contributed by atoms with E-state index in [2.05, 4.69) is 4.98 Å². The predicted octanol–water partition coefficient (Wildman–Crippen LogP) is 2.47. The minimum absolute atomic E-state index is 0.624. The molecule has 2 rings (SSSR count). The highest BCUT2D eigenvalue weighted by Crippen LogP contribution is 2.40. The van der Waals surface area contributed by atoms with E-state index in [1.54, 1.807) is 0 Å². The molecule has 10 heteroatoms. The lowest BCUT2D eigenvalue weighted by Gasteiger charge is -2.19. The average Bonchev–Trinajstić information content (AvgIpc) is 2.44. The van der Waals surface area contributed by atoms with Crippen molar-refractivity contribution in [3.05, 3.63) is 47.7 Å². The van der Waals surface area contributed by atoms with Crippen LogP contribution in [-0.4, -0.2) is 22.2 Å². The van der Waals surface area contributed by atoms with Crippen molar-refractivity contribution in [2.75, 3.05) is 0 Å². The molecular formula is C13H8BF6NO2. The van der Waals surface area contributed by atoms with Crippen LogP contribution in [0.4, 0.5) is 26.3 Å². The minimum Gasteiger partial charge on any atom is -0.423 e. The molecule has 0 fully saturated rings. The van der Waals surface area contributed by atoms with Gasteiger partial charge < -0.3 is 10.0 Å². The Labute approximate surface area is 126 Å². The largest absolute Gasteiger partial charge is 0.489 e. The smallest absolute Gasteiger partial charge is 0.423 e. The molecule has 0 atom stereocenters. The summed E-state index contributed by atoms with van der Waals surface area (Å²) in [5.41, 5.74) is -5.71.